The van der Waals surface area contributed by atoms with Gasteiger partial charge in [-0.1, -0.05) is 18.2 Å². The molecule has 2 amide bonds. The van der Waals surface area contributed by atoms with Gasteiger partial charge in [0.1, 0.15) is 0 Å². The van der Waals surface area contributed by atoms with Gasteiger partial charge in [0.2, 0.25) is 5.91 Å². The Balaban J connectivity index is 1.43. The van der Waals surface area contributed by atoms with Crippen molar-refractivity contribution in [2.45, 2.75) is 6.92 Å². The third-order valence-corrected chi connectivity index (χ3v) is 4.62. The number of benzene rings is 2. The molecule has 2 aromatic rings. The number of rotatable bonds is 7. The van der Waals surface area contributed by atoms with E-state index in [9.17, 15) is 14.4 Å². The molecule has 3 rings (SSSR count). The lowest BCUT2D eigenvalue weighted by Crippen LogP contribution is -2.41. The van der Waals surface area contributed by atoms with Gasteiger partial charge in [0.05, 0.1) is 25.3 Å². The number of hydrogen-bond donors (Lipinski definition) is 2. The molecule has 0 spiro atoms. The smallest absolute Gasteiger partial charge is 0.338 e. The third-order valence-electron chi connectivity index (χ3n) is 4.62. The van der Waals surface area contributed by atoms with Crippen molar-refractivity contribution in [3.8, 4) is 0 Å². The molecule has 0 aliphatic carbocycles. The molecule has 2 N–H and O–H groups in total. The van der Waals surface area contributed by atoms with E-state index in [1.807, 2.05) is 11.0 Å². The van der Waals surface area contributed by atoms with Gasteiger partial charge in [0.15, 0.2) is 6.61 Å². The first kappa shape index (κ1) is 21.5. The summed E-state index contributed by atoms with van der Waals surface area (Å²) in [6.45, 7) is 4.50. The van der Waals surface area contributed by atoms with Gasteiger partial charge in [-0.2, -0.15) is 0 Å². The second kappa shape index (κ2) is 10.5. The molecule has 30 heavy (non-hydrogen) atoms. The molecule has 2 aromatic carbocycles. The molecule has 1 saturated heterocycles. The van der Waals surface area contributed by atoms with Gasteiger partial charge in [-0.3, -0.25) is 14.5 Å². The molecule has 1 aliphatic heterocycles. The van der Waals surface area contributed by atoms with E-state index < -0.39 is 11.9 Å². The number of ether oxygens (including phenoxy) is 2. The van der Waals surface area contributed by atoms with Crippen molar-refractivity contribution in [1.82, 2.24) is 4.90 Å². The van der Waals surface area contributed by atoms with Gasteiger partial charge in [-0.25, -0.2) is 4.79 Å². The molecular weight excluding hydrogens is 386 g/mol. The molecule has 1 fully saturated rings. The first-order chi connectivity index (χ1) is 14.5. The standard InChI is InChI=1S/C22H25N3O5/c1-16-4-2-3-5-19(16)22(28)30-15-21(27)24-18-8-6-17(7-9-18)23-20(26)14-25-10-12-29-13-11-25/h2-9H,10-15H2,1H3,(H,23,26)(H,24,27). The Labute approximate surface area is 175 Å². The van der Waals surface area contributed by atoms with Crippen molar-refractivity contribution in [2.24, 2.45) is 0 Å². The highest BCUT2D eigenvalue weighted by atomic mass is 16.5. The lowest BCUT2D eigenvalue weighted by atomic mass is 10.1. The molecule has 1 heterocycles. The van der Waals surface area contributed by atoms with Crippen molar-refractivity contribution in [3.63, 3.8) is 0 Å². The minimum Gasteiger partial charge on any atom is -0.452 e. The van der Waals surface area contributed by atoms with Gasteiger partial charge in [-0.05, 0) is 42.8 Å². The second-order valence-corrected chi connectivity index (χ2v) is 6.95. The van der Waals surface area contributed by atoms with Crippen LogP contribution in [0.15, 0.2) is 48.5 Å². The number of amides is 2. The van der Waals surface area contributed by atoms with E-state index in [1.54, 1.807) is 49.4 Å². The summed E-state index contributed by atoms with van der Waals surface area (Å²) in [5.41, 5.74) is 2.40. The van der Waals surface area contributed by atoms with E-state index in [0.717, 1.165) is 18.7 Å². The van der Waals surface area contributed by atoms with Crippen LogP contribution < -0.4 is 10.6 Å². The minimum atomic E-state index is -0.540. The number of anilines is 2. The van der Waals surface area contributed by atoms with Crippen LogP contribution in [0.5, 0.6) is 0 Å². The number of hydrogen-bond acceptors (Lipinski definition) is 6. The zero-order valence-corrected chi connectivity index (χ0v) is 16.8. The molecule has 8 nitrogen and oxygen atoms in total. The van der Waals surface area contributed by atoms with Crippen LogP contribution in [-0.4, -0.2) is 62.1 Å². The SMILES string of the molecule is Cc1ccccc1C(=O)OCC(=O)Nc1ccc(NC(=O)CN2CCOCC2)cc1. The Hall–Kier alpha value is -3.23. The van der Waals surface area contributed by atoms with Crippen LogP contribution in [0.2, 0.25) is 0 Å². The largest absolute Gasteiger partial charge is 0.452 e. The van der Waals surface area contributed by atoms with Gasteiger partial charge in [0.25, 0.3) is 5.91 Å². The zero-order valence-electron chi connectivity index (χ0n) is 16.8. The van der Waals surface area contributed by atoms with Crippen molar-refractivity contribution in [3.05, 3.63) is 59.7 Å². The lowest BCUT2D eigenvalue weighted by Gasteiger charge is -2.25. The van der Waals surface area contributed by atoms with Crippen LogP contribution in [0.1, 0.15) is 15.9 Å². The van der Waals surface area contributed by atoms with Crippen molar-refractivity contribution in [2.75, 3.05) is 50.1 Å². The van der Waals surface area contributed by atoms with E-state index in [4.69, 9.17) is 9.47 Å². The Morgan fingerprint density at radius 2 is 1.53 bits per heavy atom. The van der Waals surface area contributed by atoms with Crippen LogP contribution in [0.3, 0.4) is 0 Å². The predicted octanol–water partition coefficient (Wildman–Crippen LogP) is 2.06. The molecule has 158 valence electrons. The molecular formula is C22H25N3O5. The zero-order chi connectivity index (χ0) is 21.3. The predicted molar refractivity (Wildman–Crippen MR) is 112 cm³/mol. The molecule has 8 heteroatoms. The number of carbonyl (C=O) groups excluding carboxylic acids is 3. The maximum atomic E-state index is 12.1. The molecule has 0 radical (unpaired) electrons. The molecule has 0 atom stereocenters. The number of morpholine rings is 1. The monoisotopic (exact) mass is 411 g/mol. The van der Waals surface area contributed by atoms with E-state index in [0.29, 0.717) is 36.7 Å². The fourth-order valence-corrected chi connectivity index (χ4v) is 3.01. The molecule has 0 aromatic heterocycles. The Morgan fingerprint density at radius 3 is 2.17 bits per heavy atom. The summed E-state index contributed by atoms with van der Waals surface area (Å²) in [4.78, 5) is 38.3. The van der Waals surface area contributed by atoms with E-state index in [2.05, 4.69) is 10.6 Å². The van der Waals surface area contributed by atoms with Crippen LogP contribution in [0.4, 0.5) is 11.4 Å². The summed E-state index contributed by atoms with van der Waals surface area (Å²) in [5.74, 6) is -1.08. The Morgan fingerprint density at radius 1 is 0.933 bits per heavy atom. The van der Waals surface area contributed by atoms with Crippen molar-refractivity contribution >= 4 is 29.2 Å². The summed E-state index contributed by atoms with van der Waals surface area (Å²) in [7, 11) is 0. The van der Waals surface area contributed by atoms with Gasteiger partial charge >= 0.3 is 5.97 Å². The average molecular weight is 411 g/mol. The van der Waals surface area contributed by atoms with Crippen LogP contribution >= 0.6 is 0 Å². The van der Waals surface area contributed by atoms with Crippen LogP contribution in [-0.2, 0) is 19.1 Å². The third kappa shape index (κ3) is 6.40. The highest BCUT2D eigenvalue weighted by Crippen LogP contribution is 2.14. The Kier molecular flexibility index (Phi) is 7.53. The summed E-state index contributed by atoms with van der Waals surface area (Å²) in [6, 6.07) is 13.8. The second-order valence-electron chi connectivity index (χ2n) is 6.95. The van der Waals surface area contributed by atoms with Crippen molar-refractivity contribution in [1.29, 1.82) is 0 Å². The fourth-order valence-electron chi connectivity index (χ4n) is 3.01. The molecule has 0 bridgehead atoms. The number of nitrogens with zero attached hydrogens (tertiary/aromatic N) is 1. The topological polar surface area (TPSA) is 97.0 Å². The number of esters is 1. The van der Waals surface area contributed by atoms with Crippen LogP contribution in [0, 0.1) is 6.92 Å². The van der Waals surface area contributed by atoms with Gasteiger partial charge < -0.3 is 20.1 Å². The summed E-state index contributed by atoms with van der Waals surface area (Å²) < 4.78 is 10.3. The lowest BCUT2D eigenvalue weighted by molar-refractivity contribution is -0.119. The quantitative estimate of drug-likeness (QED) is 0.677. The van der Waals surface area contributed by atoms with E-state index >= 15 is 0 Å². The van der Waals surface area contributed by atoms with Gasteiger partial charge in [0, 0.05) is 24.5 Å². The highest BCUT2D eigenvalue weighted by Gasteiger charge is 2.15. The average Bonchev–Trinajstić information content (AvgIpc) is 2.74. The van der Waals surface area contributed by atoms with Gasteiger partial charge in [-0.15, -0.1) is 0 Å². The maximum Gasteiger partial charge on any atom is 0.338 e. The molecule has 0 saturated carbocycles. The molecule has 1 aliphatic rings. The normalized spacial score (nSPS) is 14.0. The summed E-state index contributed by atoms with van der Waals surface area (Å²) in [6.07, 6.45) is 0. The van der Waals surface area contributed by atoms with Crippen LogP contribution in [0.25, 0.3) is 0 Å². The number of nitrogens with one attached hydrogen (secondary N) is 2. The summed E-state index contributed by atoms with van der Waals surface area (Å²) >= 11 is 0. The minimum absolute atomic E-state index is 0.100. The Bertz CT molecular complexity index is 892. The fraction of sp³-hybridized carbons (Fsp3) is 0.318. The van der Waals surface area contributed by atoms with E-state index in [1.165, 1.54) is 0 Å². The first-order valence-corrected chi connectivity index (χ1v) is 9.74. The maximum absolute atomic E-state index is 12.1. The number of aryl methyl sites for hydroxylation is 1. The highest BCUT2D eigenvalue weighted by molar-refractivity contribution is 5.96. The first-order valence-electron chi connectivity index (χ1n) is 9.74. The molecule has 0 unspecified atom stereocenters. The summed E-state index contributed by atoms with van der Waals surface area (Å²) in [5, 5.41) is 5.49. The number of carbonyl (C=O) groups is 3. The van der Waals surface area contributed by atoms with Crippen molar-refractivity contribution < 1.29 is 23.9 Å². The van der Waals surface area contributed by atoms with E-state index in [-0.39, 0.29) is 12.5 Å².